The summed E-state index contributed by atoms with van der Waals surface area (Å²) >= 11 is 0. The number of hydrogen-bond acceptors (Lipinski definition) is 6. The van der Waals surface area contributed by atoms with Gasteiger partial charge < -0.3 is 27.5 Å². The number of rotatable bonds is 12. The molecule has 0 amide bonds. The van der Waals surface area contributed by atoms with Crippen LogP contribution in [0.25, 0.3) is 5.76 Å². The second-order valence-electron chi connectivity index (χ2n) is 5.87. The van der Waals surface area contributed by atoms with E-state index >= 15 is 0 Å². The van der Waals surface area contributed by atoms with Crippen LogP contribution in [0.15, 0.2) is 17.3 Å². The van der Waals surface area contributed by atoms with Crippen molar-refractivity contribution in [1.82, 2.24) is 0 Å². The van der Waals surface area contributed by atoms with E-state index in [4.69, 9.17) is 18.3 Å². The minimum Gasteiger partial charge on any atom is -0.496 e. The Morgan fingerprint density at radius 3 is 2.33 bits per heavy atom. The van der Waals surface area contributed by atoms with Crippen molar-refractivity contribution in [3.8, 4) is 11.5 Å². The smallest absolute Gasteiger partial charge is 0.409 e. The zero-order valence-electron chi connectivity index (χ0n) is 16.0. The molecule has 145 valence electrons. The Bertz CT molecular complexity index is 662. The quantitative estimate of drug-likeness (QED) is 0.238. The summed E-state index contributed by atoms with van der Waals surface area (Å²) in [6.07, 6.45) is 1.82. The monoisotopic (exact) mass is 423 g/mol. The summed E-state index contributed by atoms with van der Waals surface area (Å²) in [5, 5.41) is 9.57. The highest BCUT2D eigenvalue weighted by Crippen LogP contribution is 2.40. The van der Waals surface area contributed by atoms with Crippen LogP contribution in [0.1, 0.15) is 31.4 Å². The summed E-state index contributed by atoms with van der Waals surface area (Å²) < 4.78 is 26.4. The van der Waals surface area contributed by atoms with Crippen molar-refractivity contribution >= 4 is 42.0 Å². The average Bonchev–Trinajstić information content (AvgIpc) is 2.65. The van der Waals surface area contributed by atoms with Crippen LogP contribution >= 0.6 is 0 Å². The zero-order chi connectivity index (χ0) is 20.4. The number of ether oxygens (including phenoxy) is 3. The Morgan fingerprint density at radius 1 is 1.19 bits per heavy atom. The van der Waals surface area contributed by atoms with Gasteiger partial charge in [-0.25, -0.2) is 4.79 Å². The molecule has 1 aromatic carbocycles. The Balaban J connectivity index is 3.46. The first-order valence-electron chi connectivity index (χ1n) is 8.16. The lowest BCUT2D eigenvalue weighted by atomic mass is 9.99. The molecule has 10 heteroatoms. The van der Waals surface area contributed by atoms with Gasteiger partial charge in [-0.15, -0.1) is 0 Å². The van der Waals surface area contributed by atoms with Gasteiger partial charge in [-0.3, -0.25) is 0 Å². The van der Waals surface area contributed by atoms with E-state index < -0.39 is 15.7 Å². The summed E-state index contributed by atoms with van der Waals surface area (Å²) in [5.74, 6) is 0.561. The first kappa shape index (κ1) is 23.4. The van der Waals surface area contributed by atoms with E-state index in [0.717, 1.165) is 18.4 Å². The second kappa shape index (κ2) is 12.0. The molecular weight excluding hydrogens is 400 g/mol. The maximum Gasteiger partial charge on any atom is 0.409 e. The lowest BCUT2D eigenvalue weighted by molar-refractivity contribution is -0.132. The van der Waals surface area contributed by atoms with E-state index in [-0.39, 0.29) is 21.0 Å². The van der Waals surface area contributed by atoms with Crippen LogP contribution < -0.4 is 9.47 Å². The zero-order valence-corrected chi connectivity index (χ0v) is 19.0. The van der Waals surface area contributed by atoms with E-state index in [2.05, 4.69) is 28.4 Å². The highest BCUT2D eigenvalue weighted by Gasteiger charge is 2.25. The number of hydrogen-bond donors (Lipinski definition) is 1. The fraction of sp³-hybridized carbons (Fsp3) is 0.471. The number of aliphatic carboxylic acids is 1. The lowest BCUT2D eigenvalue weighted by Crippen LogP contribution is -2.18. The van der Waals surface area contributed by atoms with Crippen molar-refractivity contribution in [3.63, 3.8) is 0 Å². The molecule has 27 heavy (non-hydrogen) atoms. The Morgan fingerprint density at radius 2 is 1.85 bits per heavy atom. The molecule has 1 N–H and O–H groups in total. The first-order chi connectivity index (χ1) is 12.9. The lowest BCUT2D eigenvalue weighted by Gasteiger charge is -2.19. The third-order valence-electron chi connectivity index (χ3n) is 3.72. The van der Waals surface area contributed by atoms with Crippen LogP contribution in [-0.4, -0.2) is 62.7 Å². The second-order valence-corrected chi connectivity index (χ2v) is 8.38. The van der Waals surface area contributed by atoms with Crippen LogP contribution in [0.4, 0.5) is 0 Å². The number of carboxylic acid groups (broad SMARTS) is 1. The van der Waals surface area contributed by atoms with Crippen molar-refractivity contribution in [2.75, 3.05) is 21.3 Å². The topological polar surface area (TPSA) is 83.5 Å². The maximum atomic E-state index is 11.7. The summed E-state index contributed by atoms with van der Waals surface area (Å²) in [5.41, 5.74) is 1.48. The van der Waals surface area contributed by atoms with Crippen LogP contribution in [0.5, 0.6) is 11.5 Å². The molecule has 0 unspecified atom stereocenters. The molecule has 7 nitrogen and oxygen atoms in total. The van der Waals surface area contributed by atoms with E-state index in [1.54, 1.807) is 13.2 Å². The van der Waals surface area contributed by atoms with Gasteiger partial charge in [0.05, 0.1) is 32.1 Å². The minimum absolute atomic E-state index is 0.0241. The number of carboxylic acids is 1. The summed E-state index contributed by atoms with van der Waals surface area (Å²) in [7, 11) is 6.49. The van der Waals surface area contributed by atoms with Crippen LogP contribution in [-0.2, 0) is 24.2 Å². The molecule has 0 aromatic heterocycles. The summed E-state index contributed by atoms with van der Waals surface area (Å²) in [6.45, 7) is 4.31. The number of aryl methyl sites for hydroxylation is 1. The van der Waals surface area contributed by atoms with Gasteiger partial charge in [0.25, 0.3) is 9.76 Å². The number of benzene rings is 1. The molecule has 0 heterocycles. The maximum absolute atomic E-state index is 11.7. The normalized spacial score (nSPS) is 12.0. The van der Waals surface area contributed by atoms with Gasteiger partial charge in [0.15, 0.2) is 11.5 Å². The van der Waals surface area contributed by atoms with Crippen LogP contribution in [0, 0.1) is 5.92 Å². The predicted octanol–water partition coefficient (Wildman–Crippen LogP) is 1.96. The molecule has 1 rings (SSSR count). The molecule has 0 aliphatic carbocycles. The van der Waals surface area contributed by atoms with Crippen molar-refractivity contribution in [2.24, 2.45) is 5.92 Å². The summed E-state index contributed by atoms with van der Waals surface area (Å²) in [6, 6.07) is 3.69. The van der Waals surface area contributed by atoms with Gasteiger partial charge in [0.1, 0.15) is 5.76 Å². The van der Waals surface area contributed by atoms with Crippen molar-refractivity contribution in [2.45, 2.75) is 26.7 Å². The van der Waals surface area contributed by atoms with Gasteiger partial charge >= 0.3 is 16.0 Å². The van der Waals surface area contributed by atoms with E-state index in [0.29, 0.717) is 23.0 Å². The largest absolute Gasteiger partial charge is 0.496 e. The van der Waals surface area contributed by atoms with Crippen molar-refractivity contribution < 1.29 is 32.3 Å². The molecule has 0 bridgehead atoms. The van der Waals surface area contributed by atoms with E-state index in [9.17, 15) is 9.90 Å². The average molecular weight is 424 g/mol. The predicted molar refractivity (Wildman–Crippen MR) is 104 cm³/mol. The molecule has 0 fully saturated rings. The number of carbonyl (C=O) groups is 1. The van der Waals surface area contributed by atoms with E-state index in [1.165, 1.54) is 14.2 Å². The minimum atomic E-state index is -1.14. The van der Waals surface area contributed by atoms with Crippen LogP contribution in [0.2, 0.25) is 0 Å². The molecule has 0 saturated heterocycles. The fourth-order valence-electron chi connectivity index (χ4n) is 2.48. The third-order valence-corrected chi connectivity index (χ3v) is 5.44. The fourth-order valence-corrected chi connectivity index (χ4v) is 4.01. The Hall–Kier alpha value is -1.60. The van der Waals surface area contributed by atoms with Gasteiger partial charge in [-0.05, 0) is 30.4 Å². The SMILES string of the molecule is COC(=C([Si]O[Si]O[Si])C(=O)O)c1ccc(CCC(C)C)c(OC)c1OC. The molecular formula is C17H23O7Si3. The van der Waals surface area contributed by atoms with Gasteiger partial charge in [-0.1, -0.05) is 19.9 Å². The van der Waals surface area contributed by atoms with Crippen LogP contribution in [0.3, 0.4) is 0 Å². The molecule has 0 aliphatic rings. The molecule has 0 saturated carbocycles. The third kappa shape index (κ3) is 6.50. The summed E-state index contributed by atoms with van der Waals surface area (Å²) in [4.78, 5) is 11.7. The van der Waals surface area contributed by atoms with Gasteiger partial charge in [0.2, 0.25) is 10.5 Å². The Kier molecular flexibility index (Phi) is 10.4. The molecule has 0 atom stereocenters. The van der Waals surface area contributed by atoms with Gasteiger partial charge in [0, 0.05) is 0 Å². The molecule has 0 aliphatic heterocycles. The number of methoxy groups -OCH3 is 3. The Labute approximate surface area is 168 Å². The van der Waals surface area contributed by atoms with Crippen molar-refractivity contribution in [1.29, 1.82) is 0 Å². The van der Waals surface area contributed by atoms with Crippen molar-refractivity contribution in [3.05, 3.63) is 28.5 Å². The molecule has 7 radical (unpaired) electrons. The highest BCUT2D eigenvalue weighted by atomic mass is 28.3. The van der Waals surface area contributed by atoms with Gasteiger partial charge in [-0.2, -0.15) is 0 Å². The first-order valence-corrected chi connectivity index (χ1v) is 10.3. The van der Waals surface area contributed by atoms with E-state index in [1.807, 2.05) is 6.07 Å². The highest BCUT2D eigenvalue weighted by molar-refractivity contribution is 6.55. The molecule has 1 aromatic rings. The standard InChI is InChI=1S/C17H23O7Si3/c1-10(2)6-7-11-8-9-12(14(21-4)13(11)20-3)15(22-5)16(17(18)19)26-24-27-23-25/h8-10H,6-7H2,1-5H3,(H,18,19). The molecule has 0 spiro atoms.